The monoisotopic (exact) mass is 167 g/mol. The van der Waals surface area contributed by atoms with Gasteiger partial charge in [-0.3, -0.25) is 4.68 Å². The Bertz CT molecular complexity index is 263. The van der Waals surface area contributed by atoms with E-state index in [1.165, 1.54) is 5.69 Å². The third-order valence-corrected chi connectivity index (χ3v) is 2.14. The maximum atomic E-state index is 5.92. The number of aromatic nitrogens is 2. The number of hydrogen-bond acceptors (Lipinski definition) is 2. The Labute approximate surface area is 73.6 Å². The summed E-state index contributed by atoms with van der Waals surface area (Å²) in [4.78, 5) is 0. The topological polar surface area (TPSA) is 43.8 Å². The summed E-state index contributed by atoms with van der Waals surface area (Å²) in [5.74, 6) is 0. The molecule has 0 aliphatic carbocycles. The maximum absolute atomic E-state index is 5.92. The van der Waals surface area contributed by atoms with Crippen LogP contribution in [0.3, 0.4) is 0 Å². The van der Waals surface area contributed by atoms with Gasteiger partial charge in [0.1, 0.15) is 0 Å². The van der Waals surface area contributed by atoms with Crippen LogP contribution in [-0.4, -0.2) is 9.78 Å². The van der Waals surface area contributed by atoms with Crippen molar-refractivity contribution < 1.29 is 0 Å². The fraction of sp³-hybridized carbons (Fsp3) is 0.667. The lowest BCUT2D eigenvalue weighted by Gasteiger charge is -2.00. The molecule has 0 aliphatic rings. The number of aryl methyl sites for hydroxylation is 2. The number of nitrogens with zero attached hydrogens (tertiary/aromatic N) is 2. The largest absolute Gasteiger partial charge is 0.396 e. The third-order valence-electron chi connectivity index (χ3n) is 2.14. The van der Waals surface area contributed by atoms with Crippen molar-refractivity contribution in [3.63, 3.8) is 0 Å². The van der Waals surface area contributed by atoms with Crippen LogP contribution in [0.1, 0.15) is 32.2 Å². The molecule has 1 heterocycles. The molecular weight excluding hydrogens is 150 g/mol. The summed E-state index contributed by atoms with van der Waals surface area (Å²) in [7, 11) is 0. The molecule has 1 aromatic heterocycles. The van der Waals surface area contributed by atoms with Gasteiger partial charge in [-0.25, -0.2) is 0 Å². The Balaban J connectivity index is 3.13. The fourth-order valence-corrected chi connectivity index (χ4v) is 1.46. The highest BCUT2D eigenvalue weighted by Crippen LogP contribution is 2.17. The van der Waals surface area contributed by atoms with Crippen LogP contribution in [0.4, 0.5) is 5.69 Å². The van der Waals surface area contributed by atoms with Crippen LogP contribution in [-0.2, 0) is 19.4 Å². The normalized spacial score (nSPS) is 10.6. The van der Waals surface area contributed by atoms with E-state index in [0.29, 0.717) is 0 Å². The molecule has 0 amide bonds. The van der Waals surface area contributed by atoms with Gasteiger partial charge in [-0.2, -0.15) is 5.10 Å². The molecule has 1 rings (SSSR count). The van der Waals surface area contributed by atoms with Gasteiger partial charge >= 0.3 is 0 Å². The summed E-state index contributed by atoms with van der Waals surface area (Å²) >= 11 is 0. The van der Waals surface area contributed by atoms with Crippen LogP contribution in [0.15, 0.2) is 0 Å². The molecule has 0 unspecified atom stereocenters. The van der Waals surface area contributed by atoms with Crippen molar-refractivity contribution in [2.24, 2.45) is 0 Å². The van der Waals surface area contributed by atoms with Gasteiger partial charge in [0.2, 0.25) is 0 Å². The minimum Gasteiger partial charge on any atom is -0.396 e. The zero-order valence-corrected chi connectivity index (χ0v) is 8.09. The van der Waals surface area contributed by atoms with Gasteiger partial charge in [-0.05, 0) is 19.8 Å². The first-order chi connectivity index (χ1) is 5.74. The summed E-state index contributed by atoms with van der Waals surface area (Å²) in [5.41, 5.74) is 9.02. The van der Waals surface area contributed by atoms with Crippen LogP contribution < -0.4 is 5.73 Å². The highest BCUT2D eigenvalue weighted by Gasteiger charge is 2.10. The van der Waals surface area contributed by atoms with Gasteiger partial charge in [0.05, 0.1) is 17.1 Å². The Morgan fingerprint density at radius 3 is 2.25 bits per heavy atom. The molecule has 3 heteroatoms. The van der Waals surface area contributed by atoms with Crippen LogP contribution in [0.2, 0.25) is 0 Å². The van der Waals surface area contributed by atoms with Crippen molar-refractivity contribution in [2.75, 3.05) is 5.73 Å². The second-order valence-corrected chi connectivity index (χ2v) is 2.83. The molecule has 68 valence electrons. The predicted octanol–water partition coefficient (Wildman–Crippen LogP) is 1.61. The Kier molecular flexibility index (Phi) is 2.74. The van der Waals surface area contributed by atoms with Crippen LogP contribution >= 0.6 is 0 Å². The van der Waals surface area contributed by atoms with E-state index in [4.69, 9.17) is 5.73 Å². The van der Waals surface area contributed by atoms with Crippen LogP contribution in [0.5, 0.6) is 0 Å². The lowest BCUT2D eigenvalue weighted by Crippen LogP contribution is -2.02. The Morgan fingerprint density at radius 1 is 1.25 bits per heavy atom. The number of anilines is 1. The summed E-state index contributed by atoms with van der Waals surface area (Å²) in [6, 6.07) is 0. The molecule has 0 fully saturated rings. The molecule has 0 saturated heterocycles. The summed E-state index contributed by atoms with van der Waals surface area (Å²) < 4.78 is 1.99. The van der Waals surface area contributed by atoms with Crippen LogP contribution in [0, 0.1) is 0 Å². The average molecular weight is 167 g/mol. The standard InChI is InChI=1S/C9H17N3/c1-4-7-9(10)8(5-2)12(6-3)11-7/h4-6,10H2,1-3H3. The average Bonchev–Trinajstić information content (AvgIpc) is 2.41. The van der Waals surface area contributed by atoms with Crippen molar-refractivity contribution in [3.8, 4) is 0 Å². The van der Waals surface area contributed by atoms with E-state index >= 15 is 0 Å². The molecule has 0 atom stereocenters. The summed E-state index contributed by atoms with van der Waals surface area (Å²) in [5, 5.41) is 4.41. The third kappa shape index (κ3) is 1.31. The number of hydrogen-bond donors (Lipinski definition) is 1. The zero-order valence-electron chi connectivity index (χ0n) is 8.09. The van der Waals surface area contributed by atoms with E-state index in [1.54, 1.807) is 0 Å². The summed E-state index contributed by atoms with van der Waals surface area (Å²) in [6.45, 7) is 7.19. The smallest absolute Gasteiger partial charge is 0.0854 e. The molecule has 3 nitrogen and oxygen atoms in total. The lowest BCUT2D eigenvalue weighted by atomic mass is 10.2. The van der Waals surface area contributed by atoms with Crippen molar-refractivity contribution >= 4 is 5.69 Å². The van der Waals surface area contributed by atoms with Crippen LogP contribution in [0.25, 0.3) is 0 Å². The maximum Gasteiger partial charge on any atom is 0.0854 e. The molecule has 12 heavy (non-hydrogen) atoms. The molecular formula is C9H17N3. The molecule has 0 aromatic carbocycles. The lowest BCUT2D eigenvalue weighted by molar-refractivity contribution is 0.618. The van der Waals surface area contributed by atoms with Crippen molar-refractivity contribution in [3.05, 3.63) is 11.4 Å². The molecule has 0 saturated carbocycles. The van der Waals surface area contributed by atoms with Gasteiger partial charge in [-0.1, -0.05) is 13.8 Å². The van der Waals surface area contributed by atoms with Crippen molar-refractivity contribution in [2.45, 2.75) is 40.2 Å². The van der Waals surface area contributed by atoms with Gasteiger partial charge in [0.15, 0.2) is 0 Å². The predicted molar refractivity (Wildman–Crippen MR) is 51.1 cm³/mol. The minimum absolute atomic E-state index is 0.891. The number of rotatable bonds is 3. The van der Waals surface area contributed by atoms with E-state index in [2.05, 4.69) is 25.9 Å². The highest BCUT2D eigenvalue weighted by molar-refractivity contribution is 5.48. The van der Waals surface area contributed by atoms with Gasteiger partial charge < -0.3 is 5.73 Å². The Hall–Kier alpha value is -0.990. The molecule has 0 bridgehead atoms. The quantitative estimate of drug-likeness (QED) is 0.743. The molecule has 2 N–H and O–H groups in total. The fourth-order valence-electron chi connectivity index (χ4n) is 1.46. The summed E-state index contributed by atoms with van der Waals surface area (Å²) in [6.07, 6.45) is 1.89. The van der Waals surface area contributed by atoms with E-state index in [0.717, 1.165) is 30.8 Å². The van der Waals surface area contributed by atoms with E-state index < -0.39 is 0 Å². The van der Waals surface area contributed by atoms with E-state index in [9.17, 15) is 0 Å². The van der Waals surface area contributed by atoms with E-state index in [-0.39, 0.29) is 0 Å². The SMILES string of the molecule is CCc1nn(CC)c(CC)c1N. The molecule has 0 radical (unpaired) electrons. The number of nitrogens with two attached hydrogens (primary N) is 1. The van der Waals surface area contributed by atoms with Gasteiger partial charge in [-0.15, -0.1) is 0 Å². The molecule has 0 aliphatic heterocycles. The van der Waals surface area contributed by atoms with Crippen molar-refractivity contribution in [1.29, 1.82) is 0 Å². The highest BCUT2D eigenvalue weighted by atomic mass is 15.3. The Morgan fingerprint density at radius 2 is 1.92 bits per heavy atom. The minimum atomic E-state index is 0.891. The first kappa shape index (κ1) is 9.10. The molecule has 0 spiro atoms. The van der Waals surface area contributed by atoms with E-state index in [1.807, 2.05) is 4.68 Å². The van der Waals surface area contributed by atoms with Crippen molar-refractivity contribution in [1.82, 2.24) is 9.78 Å². The van der Waals surface area contributed by atoms with Gasteiger partial charge in [0, 0.05) is 6.54 Å². The van der Waals surface area contributed by atoms with Gasteiger partial charge in [0.25, 0.3) is 0 Å². The second-order valence-electron chi connectivity index (χ2n) is 2.83. The molecule has 1 aromatic rings. The number of nitrogen functional groups attached to an aromatic ring is 1. The second kappa shape index (κ2) is 3.61. The first-order valence-electron chi connectivity index (χ1n) is 4.58. The first-order valence-corrected chi connectivity index (χ1v) is 4.58. The zero-order chi connectivity index (χ0) is 9.14.